The highest BCUT2D eigenvalue weighted by molar-refractivity contribution is 4.94. The second-order valence-corrected chi connectivity index (χ2v) is 5.56. The topological polar surface area (TPSA) is 29.9 Å². The smallest absolute Gasteiger partial charge is 0.108 e. The summed E-state index contributed by atoms with van der Waals surface area (Å²) in [6, 6.07) is 0. The van der Waals surface area contributed by atoms with Gasteiger partial charge in [-0.2, -0.15) is 0 Å². The maximum absolute atomic E-state index is 4.43. The van der Waals surface area contributed by atoms with Gasteiger partial charge >= 0.3 is 0 Å². The number of aromatic nitrogens is 2. The Morgan fingerprint density at radius 2 is 2.06 bits per heavy atom. The van der Waals surface area contributed by atoms with E-state index in [2.05, 4.69) is 48.8 Å². The first-order valence-corrected chi connectivity index (χ1v) is 6.80. The van der Waals surface area contributed by atoms with Crippen LogP contribution < -0.4 is 5.32 Å². The molecule has 0 aliphatic rings. The Labute approximate surface area is 106 Å². The lowest BCUT2D eigenvalue weighted by molar-refractivity contribution is 0.286. The van der Waals surface area contributed by atoms with Crippen LogP contribution in [0.25, 0.3) is 0 Å². The number of nitrogens with zero attached hydrogens (tertiary/aromatic N) is 2. The molecule has 0 fully saturated rings. The summed E-state index contributed by atoms with van der Waals surface area (Å²) in [7, 11) is 0. The van der Waals surface area contributed by atoms with E-state index in [1.54, 1.807) is 0 Å². The zero-order valence-corrected chi connectivity index (χ0v) is 11.8. The molecular formula is C14H27N3. The SMILES string of the molecule is CCCNCC(C)(C)Cn1ccnc1CCC. The first-order chi connectivity index (χ1) is 8.09. The van der Waals surface area contributed by atoms with Crippen LogP contribution >= 0.6 is 0 Å². The van der Waals surface area contributed by atoms with Gasteiger partial charge in [-0.15, -0.1) is 0 Å². The Bertz CT molecular complexity index is 315. The highest BCUT2D eigenvalue weighted by Crippen LogP contribution is 2.18. The molecule has 98 valence electrons. The second-order valence-electron chi connectivity index (χ2n) is 5.56. The van der Waals surface area contributed by atoms with E-state index >= 15 is 0 Å². The van der Waals surface area contributed by atoms with Crippen LogP contribution in [-0.4, -0.2) is 22.6 Å². The predicted molar refractivity (Wildman–Crippen MR) is 73.2 cm³/mol. The summed E-state index contributed by atoms with van der Waals surface area (Å²) in [5, 5.41) is 3.51. The van der Waals surface area contributed by atoms with Crippen LogP contribution in [0, 0.1) is 5.41 Å². The molecule has 0 atom stereocenters. The van der Waals surface area contributed by atoms with Gasteiger partial charge in [-0.05, 0) is 24.8 Å². The molecule has 1 rings (SSSR count). The Morgan fingerprint density at radius 3 is 2.71 bits per heavy atom. The molecule has 1 aromatic heterocycles. The fourth-order valence-electron chi connectivity index (χ4n) is 2.06. The van der Waals surface area contributed by atoms with Crippen molar-refractivity contribution in [2.24, 2.45) is 5.41 Å². The average molecular weight is 237 g/mol. The summed E-state index contributed by atoms with van der Waals surface area (Å²) in [6.45, 7) is 12.2. The van der Waals surface area contributed by atoms with E-state index < -0.39 is 0 Å². The monoisotopic (exact) mass is 237 g/mol. The maximum Gasteiger partial charge on any atom is 0.108 e. The van der Waals surface area contributed by atoms with Crippen molar-refractivity contribution in [2.75, 3.05) is 13.1 Å². The van der Waals surface area contributed by atoms with Crippen LogP contribution in [0.1, 0.15) is 46.4 Å². The molecule has 3 heteroatoms. The molecule has 1 aromatic rings. The third-order valence-corrected chi connectivity index (χ3v) is 2.90. The molecule has 17 heavy (non-hydrogen) atoms. The number of aryl methyl sites for hydroxylation is 1. The Hall–Kier alpha value is -0.830. The lowest BCUT2D eigenvalue weighted by atomic mass is 9.93. The molecule has 1 N–H and O–H groups in total. The number of hydrogen-bond acceptors (Lipinski definition) is 2. The first-order valence-electron chi connectivity index (χ1n) is 6.80. The van der Waals surface area contributed by atoms with Crippen molar-refractivity contribution >= 4 is 0 Å². The third kappa shape index (κ3) is 4.90. The summed E-state index contributed by atoms with van der Waals surface area (Å²) in [4.78, 5) is 4.43. The predicted octanol–water partition coefficient (Wildman–Crippen LogP) is 2.86. The summed E-state index contributed by atoms with van der Waals surface area (Å²) >= 11 is 0. The fraction of sp³-hybridized carbons (Fsp3) is 0.786. The molecule has 0 amide bonds. The summed E-state index contributed by atoms with van der Waals surface area (Å²) in [6.07, 6.45) is 7.45. The minimum atomic E-state index is 0.276. The van der Waals surface area contributed by atoms with E-state index in [0.29, 0.717) is 0 Å². The lowest BCUT2D eigenvalue weighted by Crippen LogP contribution is -2.33. The van der Waals surface area contributed by atoms with E-state index in [-0.39, 0.29) is 5.41 Å². The van der Waals surface area contributed by atoms with E-state index in [9.17, 15) is 0 Å². The van der Waals surface area contributed by atoms with Crippen molar-refractivity contribution in [2.45, 2.75) is 53.5 Å². The van der Waals surface area contributed by atoms with Crippen LogP contribution in [0.2, 0.25) is 0 Å². The molecule has 0 bridgehead atoms. The zero-order valence-electron chi connectivity index (χ0n) is 11.8. The van der Waals surface area contributed by atoms with Crippen molar-refractivity contribution in [1.82, 2.24) is 14.9 Å². The number of imidazole rings is 1. The lowest BCUT2D eigenvalue weighted by Gasteiger charge is -2.26. The molecular weight excluding hydrogens is 210 g/mol. The van der Waals surface area contributed by atoms with Crippen LogP contribution in [-0.2, 0) is 13.0 Å². The minimum absolute atomic E-state index is 0.276. The van der Waals surface area contributed by atoms with Crippen molar-refractivity contribution in [1.29, 1.82) is 0 Å². The molecule has 0 unspecified atom stereocenters. The third-order valence-electron chi connectivity index (χ3n) is 2.90. The Balaban J connectivity index is 2.52. The highest BCUT2D eigenvalue weighted by atomic mass is 15.1. The van der Waals surface area contributed by atoms with Gasteiger partial charge in [-0.25, -0.2) is 4.98 Å². The largest absolute Gasteiger partial charge is 0.334 e. The van der Waals surface area contributed by atoms with E-state index in [4.69, 9.17) is 0 Å². The standard InChI is InChI=1S/C14H27N3/c1-5-7-13-16-9-10-17(13)12-14(3,4)11-15-8-6-2/h9-10,15H,5-8,11-12H2,1-4H3. The minimum Gasteiger partial charge on any atom is -0.334 e. The normalized spacial score (nSPS) is 12.0. The van der Waals surface area contributed by atoms with Gasteiger partial charge in [0.05, 0.1) is 0 Å². The van der Waals surface area contributed by atoms with Gasteiger partial charge in [-0.3, -0.25) is 0 Å². The van der Waals surface area contributed by atoms with Crippen molar-refractivity contribution in [3.05, 3.63) is 18.2 Å². The van der Waals surface area contributed by atoms with Gasteiger partial charge < -0.3 is 9.88 Å². The molecule has 0 aromatic carbocycles. The zero-order chi connectivity index (χ0) is 12.7. The van der Waals surface area contributed by atoms with E-state index in [1.165, 1.54) is 12.2 Å². The molecule has 0 saturated heterocycles. The number of hydrogen-bond donors (Lipinski definition) is 1. The van der Waals surface area contributed by atoms with Gasteiger partial charge in [0.1, 0.15) is 5.82 Å². The van der Waals surface area contributed by atoms with Crippen molar-refractivity contribution in [3.8, 4) is 0 Å². The molecule has 0 aliphatic heterocycles. The summed E-state index contributed by atoms with van der Waals surface area (Å²) < 4.78 is 2.30. The van der Waals surface area contributed by atoms with Crippen LogP contribution in [0.15, 0.2) is 12.4 Å². The van der Waals surface area contributed by atoms with E-state index in [1.807, 2.05) is 6.20 Å². The number of nitrogens with one attached hydrogen (secondary N) is 1. The first kappa shape index (κ1) is 14.2. The van der Waals surface area contributed by atoms with Crippen LogP contribution in [0.5, 0.6) is 0 Å². The van der Waals surface area contributed by atoms with Crippen molar-refractivity contribution < 1.29 is 0 Å². The van der Waals surface area contributed by atoms with Crippen LogP contribution in [0.3, 0.4) is 0 Å². The molecule has 0 radical (unpaired) electrons. The van der Waals surface area contributed by atoms with Crippen LogP contribution in [0.4, 0.5) is 0 Å². The van der Waals surface area contributed by atoms with Gasteiger partial charge in [-0.1, -0.05) is 27.7 Å². The quantitative estimate of drug-likeness (QED) is 0.705. The highest BCUT2D eigenvalue weighted by Gasteiger charge is 2.19. The van der Waals surface area contributed by atoms with Gasteiger partial charge in [0, 0.05) is 31.9 Å². The fourth-order valence-corrected chi connectivity index (χ4v) is 2.06. The molecule has 0 aliphatic carbocycles. The summed E-state index contributed by atoms with van der Waals surface area (Å²) in [5.41, 5.74) is 0.276. The van der Waals surface area contributed by atoms with Gasteiger partial charge in [0.25, 0.3) is 0 Å². The van der Waals surface area contributed by atoms with Crippen molar-refractivity contribution in [3.63, 3.8) is 0 Å². The molecule has 0 spiro atoms. The Morgan fingerprint density at radius 1 is 1.29 bits per heavy atom. The molecule has 0 saturated carbocycles. The molecule has 3 nitrogen and oxygen atoms in total. The maximum atomic E-state index is 4.43. The molecule has 1 heterocycles. The Kier molecular flexibility index (Phi) is 5.69. The average Bonchev–Trinajstić information content (AvgIpc) is 2.66. The van der Waals surface area contributed by atoms with E-state index in [0.717, 1.165) is 32.5 Å². The second kappa shape index (κ2) is 6.80. The summed E-state index contributed by atoms with van der Waals surface area (Å²) in [5.74, 6) is 1.22. The number of rotatable bonds is 8. The van der Waals surface area contributed by atoms with Gasteiger partial charge in [0.2, 0.25) is 0 Å². The van der Waals surface area contributed by atoms with Gasteiger partial charge in [0.15, 0.2) is 0 Å².